The third kappa shape index (κ3) is 2.41. The lowest BCUT2D eigenvalue weighted by Gasteiger charge is -2.01. The van der Waals surface area contributed by atoms with Crippen molar-refractivity contribution in [1.82, 2.24) is 5.10 Å². The van der Waals surface area contributed by atoms with Gasteiger partial charge in [-0.1, -0.05) is 16.3 Å². The molecule has 0 amide bonds. The second-order valence-electron chi connectivity index (χ2n) is 4.11. The van der Waals surface area contributed by atoms with Crippen molar-refractivity contribution < 1.29 is 14.2 Å². The second-order valence-corrected chi connectivity index (χ2v) is 4.11. The normalized spacial score (nSPS) is 10.5. The standard InChI is InChI=1S/C13H15N2O2/c1-9-4-5-12-11(6-9)10(2)7-15(14-12)8-13(16)17-3/h4-7H,8H2,1-3H3/q+1. The minimum atomic E-state index is -0.298. The molecule has 17 heavy (non-hydrogen) atoms. The van der Waals surface area contributed by atoms with Crippen molar-refractivity contribution in [1.29, 1.82) is 0 Å². The number of ether oxygens (including phenoxy) is 1. The van der Waals surface area contributed by atoms with Crippen LogP contribution in [-0.2, 0) is 16.1 Å². The van der Waals surface area contributed by atoms with Crippen molar-refractivity contribution in [2.24, 2.45) is 0 Å². The van der Waals surface area contributed by atoms with Crippen LogP contribution in [0.5, 0.6) is 0 Å². The summed E-state index contributed by atoms with van der Waals surface area (Å²) in [5.41, 5.74) is 3.19. The molecule has 0 saturated carbocycles. The van der Waals surface area contributed by atoms with E-state index in [4.69, 9.17) is 0 Å². The van der Waals surface area contributed by atoms with Gasteiger partial charge in [0.1, 0.15) is 5.52 Å². The van der Waals surface area contributed by atoms with Crippen molar-refractivity contribution in [3.8, 4) is 0 Å². The summed E-state index contributed by atoms with van der Waals surface area (Å²) >= 11 is 0. The summed E-state index contributed by atoms with van der Waals surface area (Å²) in [6.45, 7) is 4.20. The zero-order valence-corrected chi connectivity index (χ0v) is 10.2. The number of carbonyl (C=O) groups is 1. The van der Waals surface area contributed by atoms with E-state index in [1.165, 1.54) is 12.7 Å². The molecule has 88 valence electrons. The molecule has 0 aliphatic rings. The first-order valence-corrected chi connectivity index (χ1v) is 5.44. The van der Waals surface area contributed by atoms with Crippen molar-refractivity contribution >= 4 is 16.9 Å². The number of aryl methyl sites for hydroxylation is 2. The maximum absolute atomic E-state index is 11.2. The van der Waals surface area contributed by atoms with E-state index < -0.39 is 0 Å². The Labute approximate surface area is 99.8 Å². The van der Waals surface area contributed by atoms with E-state index in [9.17, 15) is 4.79 Å². The smallest absolute Gasteiger partial charge is 0.374 e. The number of benzene rings is 1. The summed E-state index contributed by atoms with van der Waals surface area (Å²) < 4.78 is 6.24. The predicted molar refractivity (Wildman–Crippen MR) is 63.4 cm³/mol. The van der Waals surface area contributed by atoms with E-state index in [1.807, 2.05) is 32.2 Å². The van der Waals surface area contributed by atoms with Crippen molar-refractivity contribution in [2.45, 2.75) is 20.4 Å². The van der Waals surface area contributed by atoms with Crippen LogP contribution in [0, 0.1) is 13.8 Å². The molecule has 0 bridgehead atoms. The number of nitrogens with zero attached hydrogens (tertiary/aromatic N) is 2. The number of aromatic nitrogens is 2. The first-order valence-electron chi connectivity index (χ1n) is 5.44. The number of fused-ring (bicyclic) bond motifs is 1. The second kappa shape index (κ2) is 4.49. The fourth-order valence-corrected chi connectivity index (χ4v) is 1.79. The summed E-state index contributed by atoms with van der Waals surface area (Å²) in [5, 5.41) is 5.50. The minimum Gasteiger partial charge on any atom is -0.464 e. The molecule has 1 aromatic carbocycles. The molecular formula is C13H15N2O2+. The zero-order valence-electron chi connectivity index (χ0n) is 10.2. The SMILES string of the molecule is COC(=O)C[n+]1cc(C)c2cc(C)ccc2n1. The highest BCUT2D eigenvalue weighted by Gasteiger charge is 2.14. The highest BCUT2D eigenvalue weighted by atomic mass is 16.5. The average molecular weight is 231 g/mol. The fraction of sp³-hybridized carbons (Fsp3) is 0.308. The summed E-state index contributed by atoms with van der Waals surface area (Å²) in [6.07, 6.45) is 1.86. The fourth-order valence-electron chi connectivity index (χ4n) is 1.79. The van der Waals surface area contributed by atoms with Crippen LogP contribution in [-0.4, -0.2) is 18.2 Å². The molecular weight excluding hydrogens is 216 g/mol. The molecule has 0 fully saturated rings. The Kier molecular flexibility index (Phi) is 3.04. The Bertz CT molecular complexity index is 579. The maximum atomic E-state index is 11.2. The van der Waals surface area contributed by atoms with Crippen LogP contribution in [0.4, 0.5) is 0 Å². The monoisotopic (exact) mass is 231 g/mol. The quantitative estimate of drug-likeness (QED) is 0.578. The molecule has 0 N–H and O–H groups in total. The van der Waals surface area contributed by atoms with E-state index in [2.05, 4.69) is 15.9 Å². The van der Waals surface area contributed by atoms with Crippen LogP contribution in [0.15, 0.2) is 24.4 Å². The molecule has 0 atom stereocenters. The summed E-state index contributed by atoms with van der Waals surface area (Å²) in [5.74, 6) is -0.298. The van der Waals surface area contributed by atoms with Gasteiger partial charge in [0.05, 0.1) is 7.11 Å². The van der Waals surface area contributed by atoms with Crippen molar-refractivity contribution in [2.75, 3.05) is 7.11 Å². The molecule has 2 aromatic rings. The first-order chi connectivity index (χ1) is 8.10. The number of rotatable bonds is 2. The van der Waals surface area contributed by atoms with Crippen LogP contribution in [0.2, 0.25) is 0 Å². The zero-order chi connectivity index (χ0) is 12.4. The lowest BCUT2D eigenvalue weighted by atomic mass is 10.1. The number of carbonyl (C=O) groups excluding carboxylic acids is 1. The van der Waals surface area contributed by atoms with Gasteiger partial charge in [-0.15, -0.1) is 0 Å². The van der Waals surface area contributed by atoms with Crippen LogP contribution in [0.3, 0.4) is 0 Å². The van der Waals surface area contributed by atoms with E-state index >= 15 is 0 Å². The summed E-state index contributed by atoms with van der Waals surface area (Å²) in [6, 6.07) is 6.07. The van der Waals surface area contributed by atoms with Crippen molar-refractivity contribution in [3.05, 3.63) is 35.5 Å². The highest BCUT2D eigenvalue weighted by molar-refractivity contribution is 5.81. The van der Waals surface area contributed by atoms with Crippen molar-refractivity contribution in [3.63, 3.8) is 0 Å². The van der Waals surface area contributed by atoms with Gasteiger partial charge in [0.25, 0.3) is 6.54 Å². The molecule has 0 aliphatic heterocycles. The molecule has 4 heteroatoms. The Hall–Kier alpha value is -1.97. The number of hydrogen-bond acceptors (Lipinski definition) is 3. The lowest BCUT2D eigenvalue weighted by molar-refractivity contribution is -0.741. The Morgan fingerprint density at radius 3 is 2.88 bits per heavy atom. The van der Waals surface area contributed by atoms with Crippen LogP contribution < -0.4 is 4.68 Å². The Morgan fingerprint density at radius 2 is 2.18 bits per heavy atom. The first kappa shape index (κ1) is 11.5. The predicted octanol–water partition coefficient (Wildman–Crippen LogP) is 1.31. The maximum Gasteiger partial charge on any atom is 0.374 e. The molecule has 0 aliphatic carbocycles. The van der Waals surface area contributed by atoms with E-state index in [0.717, 1.165) is 16.5 Å². The van der Waals surface area contributed by atoms with Gasteiger partial charge < -0.3 is 4.74 Å². The largest absolute Gasteiger partial charge is 0.464 e. The molecule has 0 unspecified atom stereocenters. The third-order valence-corrected chi connectivity index (χ3v) is 2.67. The molecule has 4 nitrogen and oxygen atoms in total. The van der Waals surface area contributed by atoms with Gasteiger partial charge in [-0.25, -0.2) is 4.79 Å². The summed E-state index contributed by atoms with van der Waals surface area (Å²) in [7, 11) is 1.38. The number of methoxy groups -OCH3 is 1. The molecule has 1 aromatic heterocycles. The van der Waals surface area contributed by atoms with Crippen LogP contribution >= 0.6 is 0 Å². The highest BCUT2D eigenvalue weighted by Crippen LogP contribution is 2.15. The van der Waals surface area contributed by atoms with Gasteiger partial charge in [0.2, 0.25) is 6.20 Å². The number of esters is 1. The van der Waals surface area contributed by atoms with Crippen LogP contribution in [0.1, 0.15) is 11.1 Å². The summed E-state index contributed by atoms with van der Waals surface area (Å²) in [4.78, 5) is 11.2. The minimum absolute atomic E-state index is 0.140. The molecule has 0 saturated heterocycles. The van der Waals surface area contributed by atoms with Gasteiger partial charge >= 0.3 is 5.97 Å². The van der Waals surface area contributed by atoms with Gasteiger partial charge in [-0.2, -0.15) is 0 Å². The average Bonchev–Trinajstić information content (AvgIpc) is 2.30. The van der Waals surface area contributed by atoms with Gasteiger partial charge in [-0.05, 0) is 26.0 Å². The number of hydrogen-bond donors (Lipinski definition) is 0. The molecule has 2 rings (SSSR count). The topological polar surface area (TPSA) is 43.1 Å². The van der Waals surface area contributed by atoms with Crippen LogP contribution in [0.25, 0.3) is 10.9 Å². The molecule has 1 heterocycles. The van der Waals surface area contributed by atoms with E-state index in [-0.39, 0.29) is 12.5 Å². The lowest BCUT2D eigenvalue weighted by Crippen LogP contribution is -2.42. The van der Waals surface area contributed by atoms with Gasteiger partial charge in [-0.3, -0.25) is 0 Å². The Morgan fingerprint density at radius 1 is 1.41 bits per heavy atom. The van der Waals surface area contributed by atoms with Gasteiger partial charge in [0, 0.05) is 16.0 Å². The molecule has 0 spiro atoms. The third-order valence-electron chi connectivity index (χ3n) is 2.67. The molecule has 0 radical (unpaired) electrons. The Balaban J connectivity index is 2.48. The van der Waals surface area contributed by atoms with Gasteiger partial charge in [0.15, 0.2) is 0 Å². The van der Waals surface area contributed by atoms with E-state index in [0.29, 0.717) is 0 Å². The van der Waals surface area contributed by atoms with E-state index in [1.54, 1.807) is 4.68 Å².